The van der Waals surface area contributed by atoms with Crippen LogP contribution in [0, 0.1) is 6.92 Å². The van der Waals surface area contributed by atoms with Crippen LogP contribution >= 0.6 is 0 Å². The molecule has 1 N–H and O–H groups in total. The van der Waals surface area contributed by atoms with Crippen molar-refractivity contribution in [3.63, 3.8) is 0 Å². The van der Waals surface area contributed by atoms with Crippen molar-refractivity contribution in [3.8, 4) is 11.4 Å². The summed E-state index contributed by atoms with van der Waals surface area (Å²) in [5.74, 6) is 0.907. The molecule has 0 fully saturated rings. The van der Waals surface area contributed by atoms with Crippen LogP contribution in [0.5, 0.6) is 0 Å². The number of aromatic amines is 1. The predicted octanol–water partition coefficient (Wildman–Crippen LogP) is 3.50. The van der Waals surface area contributed by atoms with Crippen molar-refractivity contribution in [3.05, 3.63) is 47.7 Å². The minimum absolute atomic E-state index is 0.788. The molecule has 0 saturated heterocycles. The van der Waals surface area contributed by atoms with Gasteiger partial charge in [0.1, 0.15) is 5.82 Å². The summed E-state index contributed by atoms with van der Waals surface area (Å²) >= 11 is 0. The molecule has 0 spiro atoms. The minimum Gasteiger partial charge on any atom is -0.336 e. The molecule has 3 nitrogen and oxygen atoms in total. The zero-order chi connectivity index (χ0) is 12.5. The van der Waals surface area contributed by atoms with Gasteiger partial charge in [-0.05, 0) is 30.5 Å². The Morgan fingerprint density at radius 2 is 2.00 bits per heavy atom. The van der Waals surface area contributed by atoms with Crippen molar-refractivity contribution in [2.75, 3.05) is 0 Å². The lowest BCUT2D eigenvalue weighted by Crippen LogP contribution is -1.88. The van der Waals surface area contributed by atoms with E-state index in [9.17, 15) is 0 Å². The number of benzene rings is 1. The zero-order valence-electron chi connectivity index (χ0n) is 10.6. The van der Waals surface area contributed by atoms with Crippen LogP contribution in [0.4, 0.5) is 0 Å². The molecule has 1 aromatic carbocycles. The summed E-state index contributed by atoms with van der Waals surface area (Å²) in [7, 11) is 0. The lowest BCUT2D eigenvalue weighted by atomic mass is 10.1. The fraction of sp³-hybridized carbons (Fsp3) is 0.200. The third-order valence-corrected chi connectivity index (χ3v) is 3.25. The average Bonchev–Trinajstić information content (AvgIpc) is 2.84. The molecule has 3 heteroatoms. The minimum atomic E-state index is 0.788. The smallest absolute Gasteiger partial charge is 0.178 e. The van der Waals surface area contributed by atoms with E-state index < -0.39 is 0 Å². The maximum Gasteiger partial charge on any atom is 0.178 e. The fourth-order valence-corrected chi connectivity index (χ4v) is 2.22. The Balaban J connectivity index is 2.23. The first-order chi connectivity index (χ1) is 8.79. The van der Waals surface area contributed by atoms with Gasteiger partial charge in [-0.1, -0.05) is 31.2 Å². The highest BCUT2D eigenvalue weighted by molar-refractivity contribution is 5.79. The molecule has 0 aliphatic rings. The summed E-state index contributed by atoms with van der Waals surface area (Å²) < 4.78 is 0. The second-order valence-corrected chi connectivity index (χ2v) is 4.42. The van der Waals surface area contributed by atoms with E-state index in [4.69, 9.17) is 0 Å². The predicted molar refractivity (Wildman–Crippen MR) is 73.4 cm³/mol. The number of aryl methyl sites for hydroxylation is 2. The topological polar surface area (TPSA) is 41.6 Å². The van der Waals surface area contributed by atoms with Gasteiger partial charge in [-0.2, -0.15) is 0 Å². The molecule has 18 heavy (non-hydrogen) atoms. The van der Waals surface area contributed by atoms with Gasteiger partial charge in [0.2, 0.25) is 0 Å². The van der Waals surface area contributed by atoms with Crippen LogP contribution < -0.4 is 0 Å². The number of fused-ring (bicyclic) bond motifs is 1. The van der Waals surface area contributed by atoms with Gasteiger partial charge in [0.25, 0.3) is 0 Å². The number of imidazole rings is 1. The quantitative estimate of drug-likeness (QED) is 0.741. The molecule has 0 atom stereocenters. The molecule has 2 aromatic heterocycles. The van der Waals surface area contributed by atoms with E-state index in [0.717, 1.165) is 29.0 Å². The molecule has 0 aliphatic heterocycles. The highest BCUT2D eigenvalue weighted by atomic mass is 15.0. The van der Waals surface area contributed by atoms with Crippen molar-refractivity contribution in [1.29, 1.82) is 0 Å². The first-order valence-corrected chi connectivity index (χ1v) is 6.19. The van der Waals surface area contributed by atoms with Crippen molar-refractivity contribution in [2.24, 2.45) is 0 Å². The second-order valence-electron chi connectivity index (χ2n) is 4.42. The number of nitrogens with zero attached hydrogens (tertiary/aromatic N) is 2. The Bertz CT molecular complexity index is 698. The third kappa shape index (κ3) is 1.68. The normalized spacial score (nSPS) is 11.0. The van der Waals surface area contributed by atoms with Crippen molar-refractivity contribution < 1.29 is 0 Å². The molecular weight excluding hydrogens is 222 g/mol. The monoisotopic (exact) mass is 237 g/mol. The molecule has 3 rings (SSSR count). The summed E-state index contributed by atoms with van der Waals surface area (Å²) in [6, 6.07) is 10.3. The van der Waals surface area contributed by atoms with Gasteiger partial charge in [-0.3, -0.25) is 0 Å². The van der Waals surface area contributed by atoms with E-state index in [1.807, 2.05) is 12.1 Å². The molecule has 2 heterocycles. The molecular formula is C15H15N3. The lowest BCUT2D eigenvalue weighted by molar-refractivity contribution is 1.13. The summed E-state index contributed by atoms with van der Waals surface area (Å²) in [6.45, 7) is 4.22. The molecule has 0 unspecified atom stereocenters. The van der Waals surface area contributed by atoms with Crippen LogP contribution in [0.3, 0.4) is 0 Å². The van der Waals surface area contributed by atoms with E-state index in [1.54, 1.807) is 6.20 Å². The number of rotatable bonds is 2. The zero-order valence-corrected chi connectivity index (χ0v) is 10.6. The highest BCUT2D eigenvalue weighted by Gasteiger charge is 2.10. The summed E-state index contributed by atoms with van der Waals surface area (Å²) in [5, 5.41) is 0. The number of pyridine rings is 1. The van der Waals surface area contributed by atoms with E-state index in [2.05, 4.69) is 47.0 Å². The van der Waals surface area contributed by atoms with Crippen LogP contribution in [0.25, 0.3) is 22.6 Å². The first-order valence-electron chi connectivity index (χ1n) is 6.19. The van der Waals surface area contributed by atoms with Gasteiger partial charge in [0, 0.05) is 11.8 Å². The number of H-pyrrole nitrogens is 1. The van der Waals surface area contributed by atoms with Crippen LogP contribution in [0.2, 0.25) is 0 Å². The van der Waals surface area contributed by atoms with E-state index >= 15 is 0 Å². The molecule has 0 amide bonds. The van der Waals surface area contributed by atoms with E-state index in [1.165, 1.54) is 11.1 Å². The summed E-state index contributed by atoms with van der Waals surface area (Å²) in [5.41, 5.74) is 5.45. The first kappa shape index (κ1) is 11.0. The third-order valence-electron chi connectivity index (χ3n) is 3.25. The van der Waals surface area contributed by atoms with Crippen molar-refractivity contribution >= 4 is 11.2 Å². The van der Waals surface area contributed by atoms with E-state index in [0.29, 0.717) is 0 Å². The number of hydrogen-bond donors (Lipinski definition) is 1. The Morgan fingerprint density at radius 1 is 1.17 bits per heavy atom. The second kappa shape index (κ2) is 4.26. The maximum absolute atomic E-state index is 4.59. The maximum atomic E-state index is 4.59. The van der Waals surface area contributed by atoms with E-state index in [-0.39, 0.29) is 0 Å². The Labute approximate surface area is 106 Å². The largest absolute Gasteiger partial charge is 0.336 e. The highest BCUT2D eigenvalue weighted by Crippen LogP contribution is 2.24. The Morgan fingerprint density at radius 3 is 2.78 bits per heavy atom. The fourth-order valence-electron chi connectivity index (χ4n) is 2.22. The molecule has 0 saturated carbocycles. The SMILES string of the molecule is CCc1ccccc1-c1nc2nccc(C)c2[nH]1. The van der Waals surface area contributed by atoms with Crippen molar-refractivity contribution in [1.82, 2.24) is 15.0 Å². The Kier molecular flexibility index (Phi) is 2.59. The van der Waals surface area contributed by atoms with Gasteiger partial charge in [-0.15, -0.1) is 0 Å². The standard InChI is InChI=1S/C15H15N3/c1-3-11-6-4-5-7-12(11)14-17-13-10(2)8-9-16-15(13)18-14/h4-9H,3H2,1-2H3,(H,16,17,18). The summed E-state index contributed by atoms with van der Waals surface area (Å²) in [4.78, 5) is 12.3. The number of nitrogens with one attached hydrogen (secondary N) is 1. The van der Waals surface area contributed by atoms with Crippen LogP contribution in [0.15, 0.2) is 36.5 Å². The lowest BCUT2D eigenvalue weighted by Gasteiger charge is -2.03. The van der Waals surface area contributed by atoms with Crippen molar-refractivity contribution in [2.45, 2.75) is 20.3 Å². The number of aromatic nitrogens is 3. The van der Waals surface area contributed by atoms with Crippen LogP contribution in [-0.4, -0.2) is 15.0 Å². The van der Waals surface area contributed by atoms with Gasteiger partial charge in [-0.25, -0.2) is 9.97 Å². The number of hydrogen-bond acceptors (Lipinski definition) is 2. The molecule has 0 bridgehead atoms. The van der Waals surface area contributed by atoms with Gasteiger partial charge in [0.05, 0.1) is 5.52 Å². The van der Waals surface area contributed by atoms with Crippen LogP contribution in [-0.2, 0) is 6.42 Å². The summed E-state index contributed by atoms with van der Waals surface area (Å²) in [6.07, 6.45) is 2.80. The Hall–Kier alpha value is -2.16. The van der Waals surface area contributed by atoms with Gasteiger partial charge in [0.15, 0.2) is 5.65 Å². The average molecular weight is 237 g/mol. The van der Waals surface area contributed by atoms with Gasteiger partial charge >= 0.3 is 0 Å². The molecule has 0 aliphatic carbocycles. The molecule has 90 valence electrons. The van der Waals surface area contributed by atoms with Gasteiger partial charge < -0.3 is 4.98 Å². The molecule has 3 aromatic rings. The van der Waals surface area contributed by atoms with Crippen LogP contribution in [0.1, 0.15) is 18.1 Å². The molecule has 0 radical (unpaired) electrons.